The first-order valence-corrected chi connectivity index (χ1v) is 19.1. The molecule has 4 heterocycles. The predicted octanol–water partition coefficient (Wildman–Crippen LogP) is 12.0. The summed E-state index contributed by atoms with van der Waals surface area (Å²) in [5.41, 5.74) is 8.17. The van der Waals surface area contributed by atoms with E-state index in [0.29, 0.717) is 28.6 Å². The summed E-state index contributed by atoms with van der Waals surface area (Å²) >= 11 is 0. The Morgan fingerprint density at radius 2 is 1.16 bits per heavy atom. The Labute approximate surface area is 328 Å². The van der Waals surface area contributed by atoms with Gasteiger partial charge in [0.05, 0.1) is 55.7 Å². The molecule has 0 bridgehead atoms. The van der Waals surface area contributed by atoms with E-state index in [0.717, 1.165) is 82.5 Å². The van der Waals surface area contributed by atoms with Crippen molar-refractivity contribution in [2.24, 2.45) is 0 Å². The van der Waals surface area contributed by atoms with Crippen molar-refractivity contribution in [2.45, 2.75) is 52.4 Å². The smallest absolute Gasteiger partial charge is 0.163 e. The van der Waals surface area contributed by atoms with Crippen LogP contribution in [0.1, 0.15) is 64.3 Å². The molecule has 0 aliphatic rings. The lowest BCUT2D eigenvalue weighted by atomic mass is 9.93. The summed E-state index contributed by atoms with van der Waals surface area (Å²) < 4.78 is 11.4. The third-order valence-corrected chi connectivity index (χ3v) is 10.9. The van der Waals surface area contributed by atoms with Crippen molar-refractivity contribution in [1.29, 1.82) is 10.5 Å². The van der Waals surface area contributed by atoms with Gasteiger partial charge >= 0.3 is 0 Å². The molecule has 0 fully saturated rings. The zero-order valence-corrected chi connectivity index (χ0v) is 32.5. The van der Waals surface area contributed by atoms with Gasteiger partial charge in [0.15, 0.2) is 5.82 Å². The maximum atomic E-state index is 11.0. The van der Waals surface area contributed by atoms with Crippen molar-refractivity contribution in [3.05, 3.63) is 138 Å². The fraction of sp³-hybridized carbons (Fsp3) is 0.163. The van der Waals surface area contributed by atoms with Crippen molar-refractivity contribution in [3.63, 3.8) is 0 Å². The van der Waals surface area contributed by atoms with Crippen LogP contribution in [0.2, 0.25) is 0 Å². The molecule has 0 unspecified atom stereocenters. The summed E-state index contributed by atoms with van der Waals surface area (Å²) in [6, 6.07) is 43.4. The molecule has 57 heavy (non-hydrogen) atoms. The number of furan rings is 1. The van der Waals surface area contributed by atoms with Crippen LogP contribution in [-0.4, -0.2) is 24.1 Å². The number of fused-ring (bicyclic) bond motifs is 12. The Morgan fingerprint density at radius 1 is 0.561 bits per heavy atom. The largest absolute Gasteiger partial charge is 0.455 e. The van der Waals surface area contributed by atoms with Crippen LogP contribution in [0, 0.1) is 22.7 Å². The van der Waals surface area contributed by atoms with Crippen molar-refractivity contribution >= 4 is 65.6 Å². The summed E-state index contributed by atoms with van der Waals surface area (Å²) in [4.78, 5) is 14.8. The van der Waals surface area contributed by atoms with Gasteiger partial charge in [-0.05, 0) is 54.6 Å². The highest BCUT2D eigenvalue weighted by molar-refractivity contribution is 6.39. The Kier molecular flexibility index (Phi) is 7.27. The molecule has 0 saturated carbocycles. The van der Waals surface area contributed by atoms with Crippen molar-refractivity contribution in [1.82, 2.24) is 24.1 Å². The Hall–Kier alpha value is -7.29. The first kappa shape index (κ1) is 34.2. The molecule has 8 nitrogen and oxygen atoms in total. The quantitative estimate of drug-likeness (QED) is 0.178. The van der Waals surface area contributed by atoms with Gasteiger partial charge in [0.25, 0.3) is 0 Å². The average Bonchev–Trinajstić information content (AvgIpc) is 3.88. The van der Waals surface area contributed by atoms with Gasteiger partial charge in [0, 0.05) is 43.6 Å². The monoisotopic (exact) mass is 739 g/mol. The van der Waals surface area contributed by atoms with Crippen LogP contribution in [0.25, 0.3) is 88.3 Å². The highest BCUT2D eigenvalue weighted by Crippen LogP contribution is 2.49. The number of rotatable bonds is 3. The molecule has 0 spiro atoms. The van der Waals surface area contributed by atoms with Crippen LogP contribution in [0.4, 0.5) is 0 Å². The summed E-state index contributed by atoms with van der Waals surface area (Å²) in [5.74, 6) is 1.95. The van der Waals surface area contributed by atoms with Gasteiger partial charge in [0.2, 0.25) is 0 Å². The summed E-state index contributed by atoms with van der Waals surface area (Å²) in [6.07, 6.45) is 0. The lowest BCUT2D eigenvalue weighted by Gasteiger charge is -2.23. The van der Waals surface area contributed by atoms with E-state index in [4.69, 9.17) is 19.4 Å². The van der Waals surface area contributed by atoms with E-state index in [1.165, 1.54) is 0 Å². The van der Waals surface area contributed by atoms with Gasteiger partial charge in [-0.25, -0.2) is 15.0 Å². The van der Waals surface area contributed by atoms with Gasteiger partial charge in [0.1, 0.15) is 28.9 Å². The average molecular weight is 740 g/mol. The number of hydrogen-bond donors (Lipinski definition) is 0. The maximum absolute atomic E-state index is 11.0. The summed E-state index contributed by atoms with van der Waals surface area (Å²) in [7, 11) is 0. The lowest BCUT2D eigenvalue weighted by Crippen LogP contribution is -2.24. The van der Waals surface area contributed by atoms with Crippen LogP contribution < -0.4 is 0 Å². The molecule has 0 aliphatic heterocycles. The van der Waals surface area contributed by atoms with E-state index in [2.05, 4.69) is 105 Å². The number of nitrogens with zero attached hydrogens (tertiary/aromatic N) is 7. The van der Waals surface area contributed by atoms with E-state index >= 15 is 0 Å². The maximum Gasteiger partial charge on any atom is 0.163 e. The fourth-order valence-corrected chi connectivity index (χ4v) is 8.25. The Morgan fingerprint density at radius 3 is 1.82 bits per heavy atom. The molecular weight excluding hydrogens is 703 g/mol. The molecule has 10 rings (SSSR count). The molecule has 6 aromatic carbocycles. The number of nitriles is 2. The van der Waals surface area contributed by atoms with E-state index < -0.39 is 0 Å². The van der Waals surface area contributed by atoms with Crippen LogP contribution in [0.3, 0.4) is 0 Å². The highest BCUT2D eigenvalue weighted by atomic mass is 16.3. The molecule has 4 aromatic heterocycles. The first-order chi connectivity index (χ1) is 27.5. The Balaban J connectivity index is 1.38. The van der Waals surface area contributed by atoms with Crippen LogP contribution in [0.5, 0.6) is 0 Å². The molecule has 8 heteroatoms. The third kappa shape index (κ3) is 5.08. The fourth-order valence-electron chi connectivity index (χ4n) is 8.25. The number of hydrogen-bond acceptors (Lipinski definition) is 6. The second-order valence-corrected chi connectivity index (χ2v) is 16.8. The van der Waals surface area contributed by atoms with Gasteiger partial charge in [-0.15, -0.1) is 0 Å². The number of para-hydroxylation sites is 3. The van der Waals surface area contributed by atoms with Gasteiger partial charge in [-0.2, -0.15) is 10.5 Å². The molecule has 0 amide bonds. The number of aromatic nitrogens is 5. The van der Waals surface area contributed by atoms with Crippen LogP contribution >= 0.6 is 0 Å². The normalized spacial score (nSPS) is 12.4. The predicted molar refractivity (Wildman–Crippen MR) is 228 cm³/mol. The SMILES string of the molecule is CC(C)(C)c1nc(-c2ccc(-n3c4ccccc4c4c5c(c6ccccc6n5-c5cccc(C#N)c5)c5oc6ccccc6c5c43)c(C#N)c2)nc(C(C)(C)C)n1. The topological polar surface area (TPSA) is 109 Å². The molecule has 10 aromatic rings. The summed E-state index contributed by atoms with van der Waals surface area (Å²) in [6.45, 7) is 12.6. The van der Waals surface area contributed by atoms with Crippen LogP contribution in [-0.2, 0) is 10.8 Å². The second-order valence-electron chi connectivity index (χ2n) is 16.8. The van der Waals surface area contributed by atoms with Crippen molar-refractivity contribution < 1.29 is 4.42 Å². The zero-order valence-electron chi connectivity index (χ0n) is 32.5. The minimum atomic E-state index is -0.304. The second kappa shape index (κ2) is 12.1. The van der Waals surface area contributed by atoms with Crippen molar-refractivity contribution in [3.8, 4) is 34.9 Å². The molecule has 274 valence electrons. The van der Waals surface area contributed by atoms with E-state index in [9.17, 15) is 10.5 Å². The lowest BCUT2D eigenvalue weighted by molar-refractivity contribution is 0.497. The van der Waals surface area contributed by atoms with E-state index in [1.54, 1.807) is 0 Å². The minimum Gasteiger partial charge on any atom is -0.455 e. The molecule has 0 saturated heterocycles. The van der Waals surface area contributed by atoms with E-state index in [1.807, 2.05) is 72.8 Å². The van der Waals surface area contributed by atoms with Gasteiger partial charge < -0.3 is 13.6 Å². The van der Waals surface area contributed by atoms with Gasteiger partial charge in [-0.3, -0.25) is 0 Å². The van der Waals surface area contributed by atoms with Gasteiger partial charge in [-0.1, -0.05) is 102 Å². The zero-order chi connectivity index (χ0) is 39.4. The standard InChI is InChI=1S/C49H37N7O/c1-48(2,3)46-52-45(53-47(54-46)49(4,5)6)29-22-23-35(30(25-29)27-51)56-37-20-11-7-16-32(37)39-42-40(44-41(43(39)56)34-18-9-12-21-38(34)57-44)33-17-8-10-19-36(33)55(42)31-15-13-14-28(24-31)26-50/h7-25H,1-6H3. The van der Waals surface area contributed by atoms with E-state index in [-0.39, 0.29) is 10.8 Å². The third-order valence-electron chi connectivity index (χ3n) is 10.9. The molecule has 0 N–H and O–H groups in total. The molecule has 0 aliphatic carbocycles. The molecule has 0 atom stereocenters. The van der Waals surface area contributed by atoms with Crippen molar-refractivity contribution in [2.75, 3.05) is 0 Å². The highest BCUT2D eigenvalue weighted by Gasteiger charge is 2.29. The molecular formula is C49H37N7O. The summed E-state index contributed by atoms with van der Waals surface area (Å²) in [5, 5.41) is 27.0. The van der Waals surface area contributed by atoms with Crippen LogP contribution in [0.15, 0.2) is 120 Å². The first-order valence-electron chi connectivity index (χ1n) is 19.1. The number of benzene rings is 6. The Bertz CT molecular complexity index is 3370. The molecule has 0 radical (unpaired) electrons. The minimum absolute atomic E-state index is 0.304.